The third-order valence-corrected chi connectivity index (χ3v) is 3.06. The van der Waals surface area contributed by atoms with Gasteiger partial charge in [-0.3, -0.25) is 0 Å². The van der Waals surface area contributed by atoms with Crippen LogP contribution in [0.15, 0.2) is 12.4 Å². The largest absolute Gasteiger partial charge is 0.383 e. The zero-order valence-corrected chi connectivity index (χ0v) is 9.74. The highest BCUT2D eigenvalue weighted by molar-refractivity contribution is 5.53. The molecule has 2 aromatic heterocycles. The number of piperazine rings is 1. The fourth-order valence-electron chi connectivity index (χ4n) is 2.04. The van der Waals surface area contributed by atoms with Gasteiger partial charge in [0.1, 0.15) is 12.1 Å². The molecule has 2 aromatic rings. The Kier molecular flexibility index (Phi) is 2.32. The lowest BCUT2D eigenvalue weighted by Gasteiger charge is -2.32. The van der Waals surface area contributed by atoms with E-state index in [2.05, 4.69) is 31.9 Å². The van der Waals surface area contributed by atoms with E-state index in [1.54, 1.807) is 10.6 Å². The second-order valence-corrected chi connectivity index (χ2v) is 4.30. The van der Waals surface area contributed by atoms with Crippen molar-refractivity contribution in [3.05, 3.63) is 12.4 Å². The molecule has 3 rings (SSSR count). The van der Waals surface area contributed by atoms with Gasteiger partial charge >= 0.3 is 0 Å². The topological polar surface area (TPSA) is 75.6 Å². The SMILES string of the molecule is CN1CCN(c2nc(N)cc3ncnn23)CC1. The lowest BCUT2D eigenvalue weighted by Crippen LogP contribution is -2.45. The van der Waals surface area contributed by atoms with E-state index in [1.807, 2.05) is 0 Å². The Balaban J connectivity index is 2.01. The molecule has 0 unspecified atom stereocenters. The van der Waals surface area contributed by atoms with Crippen molar-refractivity contribution in [3.63, 3.8) is 0 Å². The van der Waals surface area contributed by atoms with Gasteiger partial charge in [0.2, 0.25) is 5.95 Å². The van der Waals surface area contributed by atoms with Gasteiger partial charge in [-0.1, -0.05) is 0 Å². The van der Waals surface area contributed by atoms with E-state index in [0.717, 1.165) is 37.8 Å². The number of hydrogen-bond donors (Lipinski definition) is 1. The number of nitrogen functional groups attached to an aromatic ring is 1. The smallest absolute Gasteiger partial charge is 0.230 e. The number of nitrogens with zero attached hydrogens (tertiary/aromatic N) is 6. The molecule has 0 saturated carbocycles. The number of rotatable bonds is 1. The molecule has 0 bridgehead atoms. The summed E-state index contributed by atoms with van der Waals surface area (Å²) >= 11 is 0. The van der Waals surface area contributed by atoms with Gasteiger partial charge in [0.15, 0.2) is 5.65 Å². The first-order valence-electron chi connectivity index (χ1n) is 5.64. The van der Waals surface area contributed by atoms with Crippen LogP contribution < -0.4 is 10.6 Å². The zero-order valence-electron chi connectivity index (χ0n) is 9.74. The number of likely N-dealkylation sites (N-methyl/N-ethyl adjacent to an activating group) is 1. The second-order valence-electron chi connectivity index (χ2n) is 4.30. The van der Waals surface area contributed by atoms with Gasteiger partial charge in [0, 0.05) is 32.2 Å². The quantitative estimate of drug-likeness (QED) is 0.713. The Labute approximate surface area is 98.9 Å². The normalized spacial score (nSPS) is 17.8. The van der Waals surface area contributed by atoms with Gasteiger partial charge in [0.05, 0.1) is 0 Å². The van der Waals surface area contributed by atoms with Crippen molar-refractivity contribution in [3.8, 4) is 0 Å². The van der Waals surface area contributed by atoms with Crippen LogP contribution in [-0.2, 0) is 0 Å². The summed E-state index contributed by atoms with van der Waals surface area (Å²) in [5.74, 6) is 1.27. The molecule has 17 heavy (non-hydrogen) atoms. The summed E-state index contributed by atoms with van der Waals surface area (Å²) in [4.78, 5) is 13.0. The molecular formula is C10H15N7. The van der Waals surface area contributed by atoms with E-state index in [-0.39, 0.29) is 0 Å². The highest BCUT2D eigenvalue weighted by Gasteiger charge is 2.18. The van der Waals surface area contributed by atoms with Crippen molar-refractivity contribution in [1.82, 2.24) is 24.5 Å². The lowest BCUT2D eigenvalue weighted by molar-refractivity contribution is 0.310. The minimum absolute atomic E-state index is 0.486. The minimum Gasteiger partial charge on any atom is -0.383 e. The summed E-state index contributed by atoms with van der Waals surface area (Å²) in [6, 6.07) is 1.73. The molecular weight excluding hydrogens is 218 g/mol. The van der Waals surface area contributed by atoms with Gasteiger partial charge in [-0.15, -0.1) is 0 Å². The fourth-order valence-corrected chi connectivity index (χ4v) is 2.04. The molecule has 1 aliphatic rings. The summed E-state index contributed by atoms with van der Waals surface area (Å²) in [5.41, 5.74) is 6.53. The van der Waals surface area contributed by atoms with Gasteiger partial charge in [-0.25, -0.2) is 4.98 Å². The first-order chi connectivity index (χ1) is 8.24. The van der Waals surface area contributed by atoms with Crippen LogP contribution in [0.1, 0.15) is 0 Å². The van der Waals surface area contributed by atoms with E-state index in [0.29, 0.717) is 5.82 Å². The van der Waals surface area contributed by atoms with Crippen LogP contribution in [0.4, 0.5) is 11.8 Å². The van der Waals surface area contributed by atoms with E-state index >= 15 is 0 Å². The van der Waals surface area contributed by atoms with Crippen molar-refractivity contribution in [2.75, 3.05) is 43.9 Å². The van der Waals surface area contributed by atoms with E-state index in [1.165, 1.54) is 6.33 Å². The third-order valence-electron chi connectivity index (χ3n) is 3.06. The van der Waals surface area contributed by atoms with Gasteiger partial charge in [0.25, 0.3) is 0 Å². The van der Waals surface area contributed by atoms with Crippen LogP contribution in [0.25, 0.3) is 5.65 Å². The maximum Gasteiger partial charge on any atom is 0.230 e. The predicted octanol–water partition coefficient (Wildman–Crippen LogP) is -0.542. The number of hydrogen-bond acceptors (Lipinski definition) is 6. The van der Waals surface area contributed by atoms with Gasteiger partial charge in [-0.2, -0.15) is 14.6 Å². The third kappa shape index (κ3) is 1.78. The summed E-state index contributed by atoms with van der Waals surface area (Å²) < 4.78 is 1.74. The van der Waals surface area contributed by atoms with Gasteiger partial charge < -0.3 is 15.5 Å². The molecule has 0 aromatic carbocycles. The first-order valence-corrected chi connectivity index (χ1v) is 5.64. The molecule has 0 aliphatic carbocycles. The average molecular weight is 233 g/mol. The van der Waals surface area contributed by atoms with Crippen molar-refractivity contribution >= 4 is 17.4 Å². The van der Waals surface area contributed by atoms with Crippen LogP contribution in [0.5, 0.6) is 0 Å². The average Bonchev–Trinajstić information content (AvgIpc) is 2.77. The zero-order chi connectivity index (χ0) is 11.8. The Bertz CT molecular complexity index is 526. The molecule has 0 radical (unpaired) electrons. The van der Waals surface area contributed by atoms with Crippen LogP contribution in [0.2, 0.25) is 0 Å². The Morgan fingerprint density at radius 1 is 1.24 bits per heavy atom. The van der Waals surface area contributed by atoms with E-state index in [4.69, 9.17) is 5.73 Å². The molecule has 1 fully saturated rings. The number of anilines is 2. The standard InChI is InChI=1S/C10H15N7/c1-15-2-4-16(5-3-15)10-14-8(11)6-9-12-7-13-17(9)10/h6-7H,2-5,11H2,1H3. The minimum atomic E-state index is 0.486. The number of nitrogens with two attached hydrogens (primary N) is 1. The van der Waals surface area contributed by atoms with Crippen molar-refractivity contribution in [2.45, 2.75) is 0 Å². The molecule has 90 valence electrons. The maximum atomic E-state index is 5.79. The second kappa shape index (κ2) is 3.85. The fraction of sp³-hybridized carbons (Fsp3) is 0.500. The van der Waals surface area contributed by atoms with Crippen LogP contribution in [-0.4, -0.2) is 57.7 Å². The summed E-state index contributed by atoms with van der Waals surface area (Å²) in [5, 5.41) is 4.19. The van der Waals surface area contributed by atoms with E-state index < -0.39 is 0 Å². The van der Waals surface area contributed by atoms with Crippen LogP contribution in [0.3, 0.4) is 0 Å². The van der Waals surface area contributed by atoms with Crippen LogP contribution >= 0.6 is 0 Å². The van der Waals surface area contributed by atoms with Crippen LogP contribution in [0, 0.1) is 0 Å². The lowest BCUT2D eigenvalue weighted by atomic mass is 10.3. The highest BCUT2D eigenvalue weighted by Crippen LogP contribution is 2.16. The molecule has 7 heteroatoms. The summed E-state index contributed by atoms with van der Waals surface area (Å²) in [6.45, 7) is 3.91. The van der Waals surface area contributed by atoms with Gasteiger partial charge in [-0.05, 0) is 7.05 Å². The molecule has 1 aliphatic heterocycles. The molecule has 0 atom stereocenters. The van der Waals surface area contributed by atoms with Crippen molar-refractivity contribution < 1.29 is 0 Å². The molecule has 2 N–H and O–H groups in total. The molecule has 1 saturated heterocycles. The van der Waals surface area contributed by atoms with Crippen molar-refractivity contribution in [1.29, 1.82) is 0 Å². The van der Waals surface area contributed by atoms with E-state index in [9.17, 15) is 0 Å². The van der Waals surface area contributed by atoms with Crippen molar-refractivity contribution in [2.24, 2.45) is 0 Å². The Morgan fingerprint density at radius 3 is 2.76 bits per heavy atom. The molecule has 3 heterocycles. The number of fused-ring (bicyclic) bond motifs is 1. The summed E-state index contributed by atoms with van der Waals surface area (Å²) in [7, 11) is 2.12. The first kappa shape index (κ1) is 10.3. The Hall–Kier alpha value is -1.89. The monoisotopic (exact) mass is 233 g/mol. The molecule has 0 amide bonds. The maximum absolute atomic E-state index is 5.79. The molecule has 0 spiro atoms. The Morgan fingerprint density at radius 2 is 2.00 bits per heavy atom. The number of aromatic nitrogens is 4. The highest BCUT2D eigenvalue weighted by atomic mass is 15.4. The predicted molar refractivity (Wildman–Crippen MR) is 64.9 cm³/mol. The summed E-state index contributed by atoms with van der Waals surface area (Å²) in [6.07, 6.45) is 1.52. The molecule has 7 nitrogen and oxygen atoms in total.